The molecule has 2 amide bonds. The number of hydrogen-bond acceptors (Lipinski definition) is 6. The van der Waals surface area contributed by atoms with Crippen LogP contribution >= 0.6 is 11.6 Å². The predicted octanol–water partition coefficient (Wildman–Crippen LogP) is 1.51. The summed E-state index contributed by atoms with van der Waals surface area (Å²) in [6.45, 7) is 1.43. The summed E-state index contributed by atoms with van der Waals surface area (Å²) in [6, 6.07) is 6.99. The van der Waals surface area contributed by atoms with Crippen molar-refractivity contribution < 1.29 is 19.4 Å². The van der Waals surface area contributed by atoms with E-state index in [9.17, 15) is 14.7 Å². The molecule has 2 aromatic rings. The number of aromatic nitrogens is 3. The van der Waals surface area contributed by atoms with Crippen molar-refractivity contribution in [2.75, 3.05) is 6.61 Å². The maximum Gasteiger partial charge on any atom is 0.253 e. The van der Waals surface area contributed by atoms with Gasteiger partial charge in [0.1, 0.15) is 6.10 Å². The number of aliphatic hydroxyl groups excluding tert-OH is 1. The molecule has 146 valence electrons. The van der Waals surface area contributed by atoms with Crippen LogP contribution < -0.4 is 5.32 Å². The van der Waals surface area contributed by atoms with Gasteiger partial charge >= 0.3 is 0 Å². The van der Waals surface area contributed by atoms with Crippen LogP contribution in [0.15, 0.2) is 42.1 Å². The van der Waals surface area contributed by atoms with Gasteiger partial charge in [0.25, 0.3) is 5.91 Å². The highest BCUT2D eigenvalue weighted by molar-refractivity contribution is 6.30. The van der Waals surface area contributed by atoms with Crippen LogP contribution in [0.3, 0.4) is 0 Å². The van der Waals surface area contributed by atoms with E-state index < -0.39 is 29.9 Å². The maximum absolute atomic E-state index is 12.3. The second kappa shape index (κ2) is 7.46. The van der Waals surface area contributed by atoms with Crippen LogP contribution in [0, 0.1) is 5.92 Å². The SMILES string of the molecule is CC1=CC([C@H]2C[C@H](n3nncc3-c3ccc(Cl)cc3)[C@@H](CO)O2)C(=O)NC1=O. The van der Waals surface area contributed by atoms with Crippen molar-refractivity contribution in [2.24, 2.45) is 5.92 Å². The van der Waals surface area contributed by atoms with Crippen LogP contribution in [0.2, 0.25) is 5.02 Å². The van der Waals surface area contributed by atoms with Crippen molar-refractivity contribution in [3.8, 4) is 11.3 Å². The molecule has 4 rings (SSSR count). The van der Waals surface area contributed by atoms with E-state index >= 15 is 0 Å². The summed E-state index contributed by atoms with van der Waals surface area (Å²) >= 11 is 5.97. The van der Waals surface area contributed by atoms with Gasteiger partial charge in [-0.05, 0) is 25.5 Å². The van der Waals surface area contributed by atoms with Crippen molar-refractivity contribution in [1.82, 2.24) is 20.3 Å². The summed E-state index contributed by atoms with van der Waals surface area (Å²) in [6.07, 6.45) is 2.69. The van der Waals surface area contributed by atoms with E-state index in [1.165, 1.54) is 0 Å². The van der Waals surface area contributed by atoms with Crippen molar-refractivity contribution in [1.29, 1.82) is 0 Å². The van der Waals surface area contributed by atoms with Crippen LogP contribution in [0.1, 0.15) is 19.4 Å². The van der Waals surface area contributed by atoms with Crippen molar-refractivity contribution >= 4 is 23.4 Å². The van der Waals surface area contributed by atoms with E-state index in [0.717, 1.165) is 11.3 Å². The maximum atomic E-state index is 12.3. The number of carbonyl (C=O) groups excluding carboxylic acids is 2. The lowest BCUT2D eigenvalue weighted by Crippen LogP contribution is -2.44. The van der Waals surface area contributed by atoms with Gasteiger partial charge in [-0.3, -0.25) is 14.9 Å². The monoisotopic (exact) mass is 402 g/mol. The highest BCUT2D eigenvalue weighted by atomic mass is 35.5. The average molecular weight is 403 g/mol. The Morgan fingerprint density at radius 1 is 1.32 bits per heavy atom. The number of amides is 2. The minimum Gasteiger partial charge on any atom is -0.394 e. The molecule has 1 unspecified atom stereocenters. The normalized spacial score (nSPS) is 27.6. The number of hydrogen-bond donors (Lipinski definition) is 2. The number of aliphatic hydroxyl groups is 1. The van der Waals surface area contributed by atoms with Crippen LogP contribution in [-0.2, 0) is 14.3 Å². The highest BCUT2D eigenvalue weighted by Crippen LogP contribution is 2.37. The predicted molar refractivity (Wildman–Crippen MR) is 100 cm³/mol. The number of imide groups is 1. The molecule has 0 spiro atoms. The van der Waals surface area contributed by atoms with Gasteiger partial charge in [0.05, 0.1) is 36.6 Å². The topological polar surface area (TPSA) is 106 Å². The lowest BCUT2D eigenvalue weighted by atomic mass is 9.92. The lowest BCUT2D eigenvalue weighted by Gasteiger charge is -2.23. The van der Waals surface area contributed by atoms with Crippen LogP contribution in [0.25, 0.3) is 11.3 Å². The third-order valence-corrected chi connectivity index (χ3v) is 5.44. The molecular formula is C19H19ClN4O4. The Labute approximate surface area is 166 Å². The fraction of sp³-hybridized carbons (Fsp3) is 0.368. The number of nitrogens with zero attached hydrogens (tertiary/aromatic N) is 3. The number of halogens is 1. The van der Waals surface area contributed by atoms with Gasteiger partial charge in [-0.2, -0.15) is 0 Å². The van der Waals surface area contributed by atoms with Gasteiger partial charge in [-0.25, -0.2) is 4.68 Å². The van der Waals surface area contributed by atoms with Gasteiger partial charge in [0.2, 0.25) is 5.91 Å². The van der Waals surface area contributed by atoms with Crippen LogP contribution in [0.5, 0.6) is 0 Å². The first-order chi connectivity index (χ1) is 13.5. The molecule has 1 aromatic heterocycles. The highest BCUT2D eigenvalue weighted by Gasteiger charge is 2.44. The van der Waals surface area contributed by atoms with Crippen LogP contribution in [-0.4, -0.2) is 50.7 Å². The molecule has 1 saturated heterocycles. The summed E-state index contributed by atoms with van der Waals surface area (Å²) in [4.78, 5) is 23.9. The second-order valence-corrected chi connectivity index (χ2v) is 7.40. The smallest absolute Gasteiger partial charge is 0.253 e. The first-order valence-electron chi connectivity index (χ1n) is 8.94. The molecule has 1 fully saturated rings. The fourth-order valence-corrected chi connectivity index (χ4v) is 3.85. The Morgan fingerprint density at radius 3 is 2.79 bits per heavy atom. The summed E-state index contributed by atoms with van der Waals surface area (Å²) in [5.41, 5.74) is 2.12. The summed E-state index contributed by atoms with van der Waals surface area (Å²) < 4.78 is 7.69. The average Bonchev–Trinajstić information content (AvgIpc) is 3.31. The molecule has 1 aromatic carbocycles. The Hall–Kier alpha value is -2.55. The standard InChI is InChI=1S/C19H19ClN4O4/c1-10-6-13(19(27)22-18(10)26)16-7-14(17(9-25)28-16)24-15(8-21-23-24)11-2-4-12(20)5-3-11/h2-6,8,13-14,16-17,25H,7,9H2,1H3,(H,22,26,27)/t13?,14-,16+,17+/m0/s1. The van der Waals surface area contributed by atoms with Gasteiger partial charge < -0.3 is 9.84 Å². The van der Waals surface area contributed by atoms with Gasteiger partial charge in [-0.15, -0.1) is 5.10 Å². The minimum atomic E-state index is -0.598. The zero-order chi connectivity index (χ0) is 19.8. The van der Waals surface area contributed by atoms with E-state index in [0.29, 0.717) is 17.0 Å². The van der Waals surface area contributed by atoms with Gasteiger partial charge in [-0.1, -0.05) is 35.0 Å². The minimum absolute atomic E-state index is 0.225. The Kier molecular flexibility index (Phi) is 5.01. The largest absolute Gasteiger partial charge is 0.394 e. The van der Waals surface area contributed by atoms with Crippen molar-refractivity contribution in [3.05, 3.63) is 47.1 Å². The number of benzene rings is 1. The quantitative estimate of drug-likeness (QED) is 0.751. The van der Waals surface area contributed by atoms with E-state index in [1.807, 2.05) is 12.1 Å². The Bertz CT molecular complexity index is 940. The molecule has 2 aliphatic rings. The first kappa shape index (κ1) is 18.8. The molecule has 28 heavy (non-hydrogen) atoms. The molecule has 4 atom stereocenters. The molecular weight excluding hydrogens is 384 g/mol. The molecule has 0 saturated carbocycles. The van der Waals surface area contributed by atoms with Crippen LogP contribution in [0.4, 0.5) is 0 Å². The first-order valence-corrected chi connectivity index (χ1v) is 9.31. The van der Waals surface area contributed by atoms with E-state index in [1.54, 1.807) is 36.0 Å². The number of ether oxygens (including phenoxy) is 1. The second-order valence-electron chi connectivity index (χ2n) is 6.96. The van der Waals surface area contributed by atoms with E-state index in [4.69, 9.17) is 16.3 Å². The molecule has 8 nitrogen and oxygen atoms in total. The summed E-state index contributed by atoms with van der Waals surface area (Å²) in [7, 11) is 0. The third-order valence-electron chi connectivity index (χ3n) is 5.19. The molecule has 2 N–H and O–H groups in total. The molecule has 0 radical (unpaired) electrons. The molecule has 3 heterocycles. The Morgan fingerprint density at radius 2 is 2.07 bits per heavy atom. The zero-order valence-corrected chi connectivity index (χ0v) is 15.8. The van der Waals surface area contributed by atoms with Crippen molar-refractivity contribution in [3.63, 3.8) is 0 Å². The molecule has 9 heteroatoms. The van der Waals surface area contributed by atoms with E-state index in [-0.39, 0.29) is 12.6 Å². The fourth-order valence-electron chi connectivity index (χ4n) is 3.72. The van der Waals surface area contributed by atoms with Gasteiger partial charge in [0.15, 0.2) is 0 Å². The van der Waals surface area contributed by atoms with Gasteiger partial charge in [0, 0.05) is 16.2 Å². The number of rotatable bonds is 4. The Balaban J connectivity index is 1.63. The summed E-state index contributed by atoms with van der Waals surface area (Å²) in [5.74, 6) is -1.38. The zero-order valence-electron chi connectivity index (χ0n) is 15.1. The number of nitrogens with one attached hydrogen (secondary N) is 1. The molecule has 0 bridgehead atoms. The van der Waals surface area contributed by atoms with E-state index in [2.05, 4.69) is 15.6 Å². The molecule has 0 aliphatic carbocycles. The molecule has 2 aliphatic heterocycles. The third kappa shape index (κ3) is 3.34. The van der Waals surface area contributed by atoms with Crippen molar-refractivity contribution in [2.45, 2.75) is 31.6 Å². The summed E-state index contributed by atoms with van der Waals surface area (Å²) in [5, 5.41) is 21.0. The number of carbonyl (C=O) groups is 2. The lowest BCUT2D eigenvalue weighted by molar-refractivity contribution is -0.134.